The van der Waals surface area contributed by atoms with E-state index in [-0.39, 0.29) is 23.5 Å². The van der Waals surface area contributed by atoms with E-state index >= 15 is 0 Å². The van der Waals surface area contributed by atoms with E-state index in [4.69, 9.17) is 4.74 Å². The van der Waals surface area contributed by atoms with Crippen LogP contribution >= 0.6 is 0 Å². The highest BCUT2D eigenvalue weighted by Gasteiger charge is 2.20. The minimum absolute atomic E-state index is 0.0141. The summed E-state index contributed by atoms with van der Waals surface area (Å²) in [6.45, 7) is 0.383. The van der Waals surface area contributed by atoms with Crippen LogP contribution < -0.4 is 15.0 Å². The van der Waals surface area contributed by atoms with Gasteiger partial charge < -0.3 is 14.4 Å². The number of hydrogen-bond donors (Lipinski definition) is 2. The predicted molar refractivity (Wildman–Crippen MR) is 87.5 cm³/mol. The predicted octanol–water partition coefficient (Wildman–Crippen LogP) is 0.123. The van der Waals surface area contributed by atoms with Crippen LogP contribution in [0.3, 0.4) is 0 Å². The monoisotopic (exact) mass is 350 g/mol. The third-order valence-corrected chi connectivity index (χ3v) is 5.21. The van der Waals surface area contributed by atoms with Crippen LogP contribution in [0.1, 0.15) is 5.56 Å². The second-order valence-electron chi connectivity index (χ2n) is 5.56. The van der Waals surface area contributed by atoms with Gasteiger partial charge in [0, 0.05) is 25.2 Å². The Balaban J connectivity index is 1.65. The van der Waals surface area contributed by atoms with E-state index < -0.39 is 16.1 Å². The van der Waals surface area contributed by atoms with Gasteiger partial charge in [0.2, 0.25) is 10.0 Å². The van der Waals surface area contributed by atoms with Crippen LogP contribution in [-0.4, -0.2) is 37.3 Å². The SMILES string of the molecule is O=c1ccccn1CC(O)CNS(=O)(=O)c1ccc2c(c1)CCO2. The fourth-order valence-electron chi connectivity index (χ4n) is 2.52. The Bertz CT molecular complexity index is 891. The zero-order chi connectivity index (χ0) is 17.2. The lowest BCUT2D eigenvalue weighted by molar-refractivity contribution is 0.156. The lowest BCUT2D eigenvalue weighted by atomic mass is 10.2. The van der Waals surface area contributed by atoms with Gasteiger partial charge in [-0.05, 0) is 29.8 Å². The largest absolute Gasteiger partial charge is 0.493 e. The maximum atomic E-state index is 12.3. The first-order valence-electron chi connectivity index (χ1n) is 7.55. The molecule has 0 spiro atoms. The van der Waals surface area contributed by atoms with E-state index in [0.717, 1.165) is 5.56 Å². The highest BCUT2D eigenvalue weighted by atomic mass is 32.2. The number of nitrogens with zero attached hydrogens (tertiary/aromatic N) is 1. The first kappa shape index (κ1) is 16.7. The molecule has 1 aliphatic rings. The summed E-state index contributed by atoms with van der Waals surface area (Å²) in [5.41, 5.74) is 0.604. The first-order valence-corrected chi connectivity index (χ1v) is 9.03. The second-order valence-corrected chi connectivity index (χ2v) is 7.33. The van der Waals surface area contributed by atoms with Gasteiger partial charge in [0.25, 0.3) is 5.56 Å². The molecule has 128 valence electrons. The molecule has 2 N–H and O–H groups in total. The van der Waals surface area contributed by atoms with Crippen molar-refractivity contribution >= 4 is 10.0 Å². The van der Waals surface area contributed by atoms with Gasteiger partial charge in [0.1, 0.15) is 5.75 Å². The molecule has 1 unspecified atom stereocenters. The van der Waals surface area contributed by atoms with Crippen molar-refractivity contribution in [1.29, 1.82) is 0 Å². The molecule has 2 aromatic rings. The standard InChI is InChI=1S/C16H18N2O5S/c19-13(11-18-7-2-1-3-16(18)20)10-17-24(21,22)14-4-5-15-12(9-14)6-8-23-15/h1-5,7,9,13,17,19H,6,8,10-11H2. The summed E-state index contributed by atoms with van der Waals surface area (Å²) in [4.78, 5) is 11.7. The van der Waals surface area contributed by atoms with E-state index in [9.17, 15) is 18.3 Å². The number of sulfonamides is 1. The normalized spacial score (nSPS) is 14.9. The number of hydrogen-bond acceptors (Lipinski definition) is 5. The van der Waals surface area contributed by atoms with Gasteiger partial charge in [-0.1, -0.05) is 6.07 Å². The molecule has 0 bridgehead atoms. The molecule has 8 heteroatoms. The number of pyridine rings is 1. The van der Waals surface area contributed by atoms with Crippen molar-refractivity contribution in [3.8, 4) is 5.75 Å². The molecule has 0 fully saturated rings. The number of rotatable bonds is 6. The summed E-state index contributed by atoms with van der Waals surface area (Å²) in [5, 5.41) is 9.99. The number of benzene rings is 1. The molecule has 3 rings (SSSR count). The fourth-order valence-corrected chi connectivity index (χ4v) is 3.65. The molecule has 1 aliphatic heterocycles. The van der Waals surface area contributed by atoms with Crippen LogP contribution in [-0.2, 0) is 23.0 Å². The zero-order valence-electron chi connectivity index (χ0n) is 12.9. The average Bonchev–Trinajstić information content (AvgIpc) is 3.03. The van der Waals surface area contributed by atoms with Crippen LogP contribution in [0, 0.1) is 0 Å². The molecule has 0 aliphatic carbocycles. The molecule has 0 radical (unpaired) electrons. The number of ether oxygens (including phenoxy) is 1. The molecule has 0 saturated heterocycles. The van der Waals surface area contributed by atoms with Crippen molar-refractivity contribution in [2.75, 3.05) is 13.2 Å². The molecule has 0 saturated carbocycles. The minimum atomic E-state index is -3.73. The Morgan fingerprint density at radius 2 is 2.12 bits per heavy atom. The summed E-state index contributed by atoms with van der Waals surface area (Å²) in [6.07, 6.45) is 1.20. The van der Waals surface area contributed by atoms with Crippen molar-refractivity contribution in [3.05, 3.63) is 58.5 Å². The summed E-state index contributed by atoms with van der Waals surface area (Å²) in [5.74, 6) is 0.706. The molecular weight excluding hydrogens is 332 g/mol. The summed E-state index contributed by atoms with van der Waals surface area (Å²) in [7, 11) is -3.73. The van der Waals surface area contributed by atoms with Crippen LogP contribution in [0.15, 0.2) is 52.3 Å². The average molecular weight is 350 g/mol. The van der Waals surface area contributed by atoms with Gasteiger partial charge >= 0.3 is 0 Å². The number of aromatic nitrogens is 1. The molecule has 1 aromatic heterocycles. The van der Waals surface area contributed by atoms with Gasteiger partial charge in [-0.3, -0.25) is 4.79 Å². The summed E-state index contributed by atoms with van der Waals surface area (Å²) < 4.78 is 33.7. The number of aliphatic hydroxyl groups excluding tert-OH is 1. The highest BCUT2D eigenvalue weighted by molar-refractivity contribution is 7.89. The van der Waals surface area contributed by atoms with Gasteiger partial charge in [-0.25, -0.2) is 13.1 Å². The Labute approximate surface area is 139 Å². The van der Waals surface area contributed by atoms with E-state index in [1.165, 1.54) is 16.7 Å². The molecule has 7 nitrogen and oxygen atoms in total. The van der Waals surface area contributed by atoms with Crippen molar-refractivity contribution in [2.24, 2.45) is 0 Å². The number of nitrogens with one attached hydrogen (secondary N) is 1. The van der Waals surface area contributed by atoms with Gasteiger partial charge in [-0.15, -0.1) is 0 Å². The molecule has 24 heavy (non-hydrogen) atoms. The quantitative estimate of drug-likeness (QED) is 0.771. The number of fused-ring (bicyclic) bond motifs is 1. The zero-order valence-corrected chi connectivity index (χ0v) is 13.7. The van der Waals surface area contributed by atoms with E-state index in [2.05, 4.69) is 4.72 Å². The van der Waals surface area contributed by atoms with Crippen molar-refractivity contribution in [1.82, 2.24) is 9.29 Å². The lowest BCUT2D eigenvalue weighted by Crippen LogP contribution is -2.36. The fraction of sp³-hybridized carbons (Fsp3) is 0.312. The highest BCUT2D eigenvalue weighted by Crippen LogP contribution is 2.27. The topological polar surface area (TPSA) is 97.6 Å². The van der Waals surface area contributed by atoms with Crippen LogP contribution in [0.5, 0.6) is 5.75 Å². The molecule has 2 heterocycles. The van der Waals surface area contributed by atoms with E-state index in [0.29, 0.717) is 18.8 Å². The maximum Gasteiger partial charge on any atom is 0.250 e. The molecular formula is C16H18N2O5S. The summed E-state index contributed by atoms with van der Waals surface area (Å²) >= 11 is 0. The third-order valence-electron chi connectivity index (χ3n) is 3.79. The third kappa shape index (κ3) is 3.66. The molecule has 1 atom stereocenters. The van der Waals surface area contributed by atoms with Crippen molar-refractivity contribution < 1.29 is 18.3 Å². The van der Waals surface area contributed by atoms with E-state index in [1.54, 1.807) is 30.5 Å². The second kappa shape index (κ2) is 6.76. The Morgan fingerprint density at radius 1 is 1.29 bits per heavy atom. The van der Waals surface area contributed by atoms with E-state index in [1.807, 2.05) is 0 Å². The summed E-state index contributed by atoms with van der Waals surface area (Å²) in [6, 6.07) is 9.34. The number of aliphatic hydroxyl groups is 1. The lowest BCUT2D eigenvalue weighted by Gasteiger charge is -2.14. The molecule has 0 amide bonds. The Morgan fingerprint density at radius 3 is 2.92 bits per heavy atom. The minimum Gasteiger partial charge on any atom is -0.493 e. The Kier molecular flexibility index (Phi) is 4.70. The molecule has 1 aromatic carbocycles. The maximum absolute atomic E-state index is 12.3. The van der Waals surface area contributed by atoms with Gasteiger partial charge in [-0.2, -0.15) is 0 Å². The smallest absolute Gasteiger partial charge is 0.250 e. The van der Waals surface area contributed by atoms with Gasteiger partial charge in [0.15, 0.2) is 0 Å². The van der Waals surface area contributed by atoms with Crippen LogP contribution in [0.2, 0.25) is 0 Å². The first-order chi connectivity index (χ1) is 11.5. The van der Waals surface area contributed by atoms with Crippen molar-refractivity contribution in [3.63, 3.8) is 0 Å². The van der Waals surface area contributed by atoms with Gasteiger partial charge in [0.05, 0.1) is 24.2 Å². The van der Waals surface area contributed by atoms with Crippen molar-refractivity contribution in [2.45, 2.75) is 24.0 Å². The van der Waals surface area contributed by atoms with Crippen LogP contribution in [0.4, 0.5) is 0 Å². The van der Waals surface area contributed by atoms with Crippen LogP contribution in [0.25, 0.3) is 0 Å². The Hall–Kier alpha value is -2.16.